The number of amides is 1. The Morgan fingerprint density at radius 3 is 2.40 bits per heavy atom. The van der Waals surface area contributed by atoms with Gasteiger partial charge in [-0.15, -0.1) is 0 Å². The number of carbonyl (C=O) groups is 1. The molecular formula is C17H25BrN2O4S. The Morgan fingerprint density at radius 2 is 1.88 bits per heavy atom. The van der Waals surface area contributed by atoms with E-state index in [-0.39, 0.29) is 24.0 Å². The summed E-state index contributed by atoms with van der Waals surface area (Å²) < 4.78 is 33.4. The molecule has 1 aliphatic heterocycles. The molecular weight excluding hydrogens is 408 g/mol. The molecule has 1 saturated heterocycles. The van der Waals surface area contributed by atoms with Crippen LogP contribution in [-0.2, 0) is 14.8 Å². The molecule has 2 rings (SSSR count). The van der Waals surface area contributed by atoms with Crippen LogP contribution >= 0.6 is 15.9 Å². The zero-order chi connectivity index (χ0) is 19.0. The van der Waals surface area contributed by atoms with Gasteiger partial charge in [-0.25, -0.2) is 13.2 Å². The van der Waals surface area contributed by atoms with Gasteiger partial charge in [0.1, 0.15) is 5.60 Å². The molecule has 6 nitrogen and oxygen atoms in total. The standard InChI is InChI=1S/C17H25BrN2O4S/c1-12-8-14(18)10-15(9-12)25(22,23)19-6-7-20(13(2)11-19)16(21)24-17(3,4)5/h8-10,13H,6-7,11H2,1-5H3/t13-/m1/s1. The van der Waals surface area contributed by atoms with Crippen LogP contribution in [-0.4, -0.2) is 55.0 Å². The normalized spacial score (nSPS) is 19.8. The molecule has 0 radical (unpaired) electrons. The first kappa shape index (κ1) is 20.2. The van der Waals surface area contributed by atoms with Gasteiger partial charge in [0.15, 0.2) is 0 Å². The molecule has 0 bridgehead atoms. The van der Waals surface area contributed by atoms with Gasteiger partial charge in [-0.2, -0.15) is 4.31 Å². The van der Waals surface area contributed by atoms with Crippen molar-refractivity contribution in [2.75, 3.05) is 19.6 Å². The third-order valence-corrected chi connectivity index (χ3v) is 6.17. The summed E-state index contributed by atoms with van der Waals surface area (Å²) in [5, 5.41) is 0. The average molecular weight is 433 g/mol. The zero-order valence-electron chi connectivity index (χ0n) is 15.2. The van der Waals surface area contributed by atoms with E-state index in [0.29, 0.717) is 6.54 Å². The third-order valence-electron chi connectivity index (χ3n) is 3.87. The van der Waals surface area contributed by atoms with Crippen LogP contribution in [0, 0.1) is 6.92 Å². The van der Waals surface area contributed by atoms with Crippen molar-refractivity contribution in [1.29, 1.82) is 0 Å². The van der Waals surface area contributed by atoms with Gasteiger partial charge in [0.05, 0.1) is 4.90 Å². The number of ether oxygens (including phenoxy) is 1. The van der Waals surface area contributed by atoms with E-state index in [1.54, 1.807) is 17.0 Å². The first-order chi connectivity index (χ1) is 11.4. The Morgan fingerprint density at radius 1 is 1.24 bits per heavy atom. The Bertz CT molecular complexity index is 738. The lowest BCUT2D eigenvalue weighted by Gasteiger charge is -2.39. The molecule has 0 aliphatic carbocycles. The predicted molar refractivity (Wildman–Crippen MR) is 100 cm³/mol. The number of halogens is 1. The van der Waals surface area contributed by atoms with Gasteiger partial charge in [-0.05, 0) is 58.4 Å². The number of rotatable bonds is 2. The predicted octanol–water partition coefficient (Wildman–Crippen LogP) is 3.39. The monoisotopic (exact) mass is 432 g/mol. The summed E-state index contributed by atoms with van der Waals surface area (Å²) in [5.41, 5.74) is 0.293. The number of sulfonamides is 1. The summed E-state index contributed by atoms with van der Waals surface area (Å²) in [6.07, 6.45) is -0.407. The average Bonchev–Trinajstić information content (AvgIpc) is 2.44. The summed E-state index contributed by atoms with van der Waals surface area (Å²) >= 11 is 3.35. The van der Waals surface area contributed by atoms with E-state index in [1.165, 1.54) is 4.31 Å². The fourth-order valence-corrected chi connectivity index (χ4v) is 5.14. The molecule has 1 aliphatic rings. The topological polar surface area (TPSA) is 66.9 Å². The number of hydrogen-bond acceptors (Lipinski definition) is 4. The van der Waals surface area contributed by atoms with Gasteiger partial charge in [0, 0.05) is 30.1 Å². The first-order valence-electron chi connectivity index (χ1n) is 8.17. The van der Waals surface area contributed by atoms with Gasteiger partial charge in [-0.3, -0.25) is 0 Å². The van der Waals surface area contributed by atoms with E-state index < -0.39 is 21.7 Å². The maximum atomic E-state index is 12.9. The first-order valence-corrected chi connectivity index (χ1v) is 10.4. The molecule has 0 spiro atoms. The lowest BCUT2D eigenvalue weighted by Crippen LogP contribution is -2.56. The Hall–Kier alpha value is -1.12. The van der Waals surface area contributed by atoms with Crippen LogP contribution < -0.4 is 0 Å². The van der Waals surface area contributed by atoms with E-state index >= 15 is 0 Å². The number of carbonyl (C=O) groups excluding carboxylic acids is 1. The summed E-state index contributed by atoms with van der Waals surface area (Å²) in [7, 11) is -3.60. The second-order valence-electron chi connectivity index (χ2n) is 7.35. The third kappa shape index (κ3) is 4.95. The van der Waals surface area contributed by atoms with Crippen molar-refractivity contribution in [3.63, 3.8) is 0 Å². The van der Waals surface area contributed by atoms with Gasteiger partial charge in [0.25, 0.3) is 0 Å². The van der Waals surface area contributed by atoms with Crippen LogP contribution in [0.2, 0.25) is 0 Å². The van der Waals surface area contributed by atoms with Crippen LogP contribution in [0.5, 0.6) is 0 Å². The minimum Gasteiger partial charge on any atom is -0.444 e. The minimum absolute atomic E-state index is 0.243. The van der Waals surface area contributed by atoms with Gasteiger partial charge in [0.2, 0.25) is 10.0 Å². The second kappa shape index (κ2) is 7.25. The fourth-order valence-electron chi connectivity index (χ4n) is 2.74. The maximum Gasteiger partial charge on any atom is 0.410 e. The molecule has 1 aromatic rings. The quantitative estimate of drug-likeness (QED) is 0.717. The van der Waals surface area contributed by atoms with E-state index in [4.69, 9.17) is 4.74 Å². The van der Waals surface area contributed by atoms with Crippen LogP contribution in [0.1, 0.15) is 33.3 Å². The SMILES string of the molecule is Cc1cc(Br)cc(S(=O)(=O)N2CCN(C(=O)OC(C)(C)C)[C@H](C)C2)c1. The number of piperazine rings is 1. The van der Waals surface area contributed by atoms with Crippen molar-refractivity contribution in [2.24, 2.45) is 0 Å². The lowest BCUT2D eigenvalue weighted by molar-refractivity contribution is 0.00859. The van der Waals surface area contributed by atoms with Gasteiger partial charge < -0.3 is 9.64 Å². The van der Waals surface area contributed by atoms with Crippen molar-refractivity contribution in [1.82, 2.24) is 9.21 Å². The lowest BCUT2D eigenvalue weighted by atomic mass is 10.2. The van der Waals surface area contributed by atoms with Gasteiger partial charge >= 0.3 is 6.09 Å². The fraction of sp³-hybridized carbons (Fsp3) is 0.588. The maximum absolute atomic E-state index is 12.9. The molecule has 140 valence electrons. The van der Waals surface area contributed by atoms with E-state index in [2.05, 4.69) is 15.9 Å². The highest BCUT2D eigenvalue weighted by Crippen LogP contribution is 2.25. The summed E-state index contributed by atoms with van der Waals surface area (Å²) in [4.78, 5) is 14.1. The summed E-state index contributed by atoms with van der Waals surface area (Å²) in [6, 6.07) is 4.87. The Balaban J connectivity index is 2.15. The molecule has 1 aromatic carbocycles. The van der Waals surface area contributed by atoms with Gasteiger partial charge in [-0.1, -0.05) is 15.9 Å². The highest BCUT2D eigenvalue weighted by molar-refractivity contribution is 9.10. The highest BCUT2D eigenvalue weighted by Gasteiger charge is 2.36. The molecule has 25 heavy (non-hydrogen) atoms. The zero-order valence-corrected chi connectivity index (χ0v) is 17.6. The molecule has 1 atom stereocenters. The van der Waals surface area contributed by atoms with E-state index in [9.17, 15) is 13.2 Å². The van der Waals surface area contributed by atoms with Crippen molar-refractivity contribution < 1.29 is 17.9 Å². The molecule has 0 unspecified atom stereocenters. The van der Waals surface area contributed by atoms with Crippen LogP contribution in [0.25, 0.3) is 0 Å². The smallest absolute Gasteiger partial charge is 0.410 e. The molecule has 1 fully saturated rings. The highest BCUT2D eigenvalue weighted by atomic mass is 79.9. The molecule has 1 amide bonds. The van der Waals surface area contributed by atoms with E-state index in [1.807, 2.05) is 40.7 Å². The molecule has 0 aromatic heterocycles. The van der Waals surface area contributed by atoms with Crippen molar-refractivity contribution in [2.45, 2.75) is 51.2 Å². The van der Waals surface area contributed by atoms with Crippen molar-refractivity contribution >= 4 is 32.0 Å². The van der Waals surface area contributed by atoms with Crippen molar-refractivity contribution in [3.05, 3.63) is 28.2 Å². The second-order valence-corrected chi connectivity index (χ2v) is 10.2. The van der Waals surface area contributed by atoms with Crippen LogP contribution in [0.4, 0.5) is 4.79 Å². The molecule has 1 heterocycles. The molecule has 0 N–H and O–H groups in total. The largest absolute Gasteiger partial charge is 0.444 e. The minimum atomic E-state index is -3.60. The Kier molecular flexibility index (Phi) is 5.85. The Labute approximate surface area is 158 Å². The number of hydrogen-bond donors (Lipinski definition) is 0. The molecule has 8 heteroatoms. The van der Waals surface area contributed by atoms with E-state index in [0.717, 1.165) is 10.0 Å². The van der Waals surface area contributed by atoms with Crippen molar-refractivity contribution in [3.8, 4) is 0 Å². The number of aryl methyl sites for hydroxylation is 1. The summed E-state index contributed by atoms with van der Waals surface area (Å²) in [6.45, 7) is 9.92. The van der Waals surface area contributed by atoms with Crippen LogP contribution in [0.3, 0.4) is 0 Å². The number of benzene rings is 1. The van der Waals surface area contributed by atoms with Crippen LogP contribution in [0.15, 0.2) is 27.6 Å². The number of nitrogens with zero attached hydrogens (tertiary/aromatic N) is 2. The summed E-state index contributed by atoms with van der Waals surface area (Å²) in [5.74, 6) is 0. The molecule has 0 saturated carbocycles.